The Morgan fingerprint density at radius 3 is 2.53 bits per heavy atom. The van der Waals surface area contributed by atoms with Gasteiger partial charge in [0.15, 0.2) is 16.6 Å². The number of anilines is 2. The summed E-state index contributed by atoms with van der Waals surface area (Å²) in [6.45, 7) is 0.211. The van der Waals surface area contributed by atoms with Crippen LogP contribution in [0.3, 0.4) is 0 Å². The average molecular weight is 653 g/mol. The van der Waals surface area contributed by atoms with Gasteiger partial charge in [0.25, 0.3) is 5.91 Å². The molecule has 0 aromatic heterocycles. The van der Waals surface area contributed by atoms with E-state index in [1.807, 2.05) is 12.1 Å². The van der Waals surface area contributed by atoms with E-state index in [9.17, 15) is 22.8 Å². The van der Waals surface area contributed by atoms with Gasteiger partial charge in [0.05, 0.1) is 17.7 Å². The number of halogens is 4. The average Bonchev–Trinajstić information content (AvgIpc) is 3.43. The lowest BCUT2D eigenvalue weighted by Gasteiger charge is -2.24. The first kappa shape index (κ1) is 26.2. The van der Waals surface area contributed by atoms with Gasteiger partial charge >= 0.3 is 6.18 Å². The number of hydrogen-bond acceptors (Lipinski definition) is 5. The molecule has 0 aliphatic carbocycles. The SMILES string of the molecule is O=C(CC1C(=O)N(c2cccc(C(F)(F)F)c2)C(=S)N1Cc1ccc2c(c1)OCO2)Nc1ccc(I)cc1. The van der Waals surface area contributed by atoms with E-state index in [4.69, 9.17) is 21.7 Å². The monoisotopic (exact) mass is 653 g/mol. The fourth-order valence-electron chi connectivity index (χ4n) is 4.23. The summed E-state index contributed by atoms with van der Waals surface area (Å²) in [5.41, 5.74) is 0.345. The molecule has 3 aromatic carbocycles. The molecule has 0 radical (unpaired) electrons. The number of amides is 2. The third kappa shape index (κ3) is 5.41. The van der Waals surface area contributed by atoms with Gasteiger partial charge in [-0.2, -0.15) is 13.2 Å². The topological polar surface area (TPSA) is 71.1 Å². The summed E-state index contributed by atoms with van der Waals surface area (Å²) < 4.78 is 51.9. The number of hydrogen-bond donors (Lipinski definition) is 1. The molecule has 2 aliphatic rings. The molecule has 38 heavy (non-hydrogen) atoms. The van der Waals surface area contributed by atoms with Crippen LogP contribution in [-0.2, 0) is 22.3 Å². The lowest BCUT2D eigenvalue weighted by atomic mass is 10.1. The fraction of sp³-hybridized carbons (Fsp3) is 0.192. The van der Waals surface area contributed by atoms with E-state index < -0.39 is 29.6 Å². The van der Waals surface area contributed by atoms with Gasteiger partial charge in [0.2, 0.25) is 12.7 Å². The smallest absolute Gasteiger partial charge is 0.416 e. The van der Waals surface area contributed by atoms with Crippen molar-refractivity contribution >= 4 is 63.1 Å². The Morgan fingerprint density at radius 2 is 1.79 bits per heavy atom. The largest absolute Gasteiger partial charge is 0.454 e. The number of ether oxygens (including phenoxy) is 2. The molecule has 7 nitrogen and oxygen atoms in total. The number of benzene rings is 3. The van der Waals surface area contributed by atoms with Crippen LogP contribution in [0.1, 0.15) is 17.5 Å². The van der Waals surface area contributed by atoms with Crippen molar-refractivity contribution in [3.8, 4) is 11.5 Å². The van der Waals surface area contributed by atoms with E-state index in [1.54, 1.807) is 35.2 Å². The van der Waals surface area contributed by atoms with E-state index in [2.05, 4.69) is 27.9 Å². The van der Waals surface area contributed by atoms with E-state index in [0.29, 0.717) is 17.2 Å². The highest BCUT2D eigenvalue weighted by Crippen LogP contribution is 2.36. The van der Waals surface area contributed by atoms with Gasteiger partial charge in [-0.15, -0.1) is 0 Å². The number of nitrogens with one attached hydrogen (secondary N) is 1. The molecule has 196 valence electrons. The van der Waals surface area contributed by atoms with Crippen molar-refractivity contribution in [2.75, 3.05) is 17.0 Å². The second kappa shape index (κ2) is 10.4. The van der Waals surface area contributed by atoms with Crippen molar-refractivity contribution in [1.29, 1.82) is 0 Å². The lowest BCUT2D eigenvalue weighted by Crippen LogP contribution is -2.37. The summed E-state index contributed by atoms with van der Waals surface area (Å²) in [5, 5.41) is 2.76. The quantitative estimate of drug-likeness (QED) is 0.277. The molecular formula is C26H19F3IN3O4S. The molecule has 2 heterocycles. The summed E-state index contributed by atoms with van der Waals surface area (Å²) >= 11 is 7.73. The molecule has 1 saturated heterocycles. The predicted molar refractivity (Wildman–Crippen MR) is 146 cm³/mol. The highest BCUT2D eigenvalue weighted by atomic mass is 127. The first-order chi connectivity index (χ1) is 18.1. The van der Waals surface area contributed by atoms with Crippen LogP contribution in [-0.4, -0.2) is 34.7 Å². The van der Waals surface area contributed by atoms with Crippen molar-refractivity contribution in [2.45, 2.75) is 25.2 Å². The van der Waals surface area contributed by atoms with Crippen molar-refractivity contribution in [1.82, 2.24) is 4.90 Å². The zero-order valence-electron chi connectivity index (χ0n) is 19.5. The van der Waals surface area contributed by atoms with Gasteiger partial charge in [-0.3, -0.25) is 14.5 Å². The molecule has 1 unspecified atom stereocenters. The number of carbonyl (C=O) groups is 2. The van der Waals surface area contributed by atoms with Crippen molar-refractivity contribution < 1.29 is 32.2 Å². The molecular weight excluding hydrogens is 634 g/mol. The maximum atomic E-state index is 13.6. The van der Waals surface area contributed by atoms with Crippen LogP contribution >= 0.6 is 34.8 Å². The molecule has 12 heteroatoms. The van der Waals surface area contributed by atoms with Crippen molar-refractivity contribution in [2.24, 2.45) is 0 Å². The van der Waals surface area contributed by atoms with E-state index in [-0.39, 0.29) is 30.6 Å². The Morgan fingerprint density at radius 1 is 1.05 bits per heavy atom. The third-order valence-electron chi connectivity index (χ3n) is 6.05. The van der Waals surface area contributed by atoms with Crippen LogP contribution in [0, 0.1) is 3.57 Å². The van der Waals surface area contributed by atoms with Gasteiger partial charge < -0.3 is 19.7 Å². The summed E-state index contributed by atoms with van der Waals surface area (Å²) in [5.74, 6) is 0.0799. The number of nitrogens with zero attached hydrogens (tertiary/aromatic N) is 2. The van der Waals surface area contributed by atoms with Gasteiger partial charge in [-0.25, -0.2) is 0 Å². The molecule has 1 fully saturated rings. The molecule has 1 atom stereocenters. The molecule has 1 N–H and O–H groups in total. The number of fused-ring (bicyclic) bond motifs is 1. The maximum Gasteiger partial charge on any atom is 0.416 e. The van der Waals surface area contributed by atoms with E-state index in [1.165, 1.54) is 12.1 Å². The van der Waals surface area contributed by atoms with Crippen LogP contribution in [0.25, 0.3) is 0 Å². The second-order valence-corrected chi connectivity index (χ2v) is 10.2. The van der Waals surface area contributed by atoms with Gasteiger partial charge in [0.1, 0.15) is 6.04 Å². The molecule has 5 rings (SSSR count). The highest BCUT2D eigenvalue weighted by Gasteiger charge is 2.45. The Hall–Kier alpha value is -3.39. The Labute approximate surface area is 234 Å². The second-order valence-electron chi connectivity index (χ2n) is 8.59. The number of alkyl halides is 3. The minimum absolute atomic E-state index is 0.000874. The summed E-state index contributed by atoms with van der Waals surface area (Å²) in [6.07, 6.45) is -4.86. The van der Waals surface area contributed by atoms with Crippen LogP contribution in [0.2, 0.25) is 0 Å². The molecule has 3 aromatic rings. The van der Waals surface area contributed by atoms with Gasteiger partial charge in [0, 0.05) is 15.8 Å². The lowest BCUT2D eigenvalue weighted by molar-refractivity contribution is -0.137. The van der Waals surface area contributed by atoms with Crippen LogP contribution in [0.4, 0.5) is 24.5 Å². The van der Waals surface area contributed by atoms with Crippen LogP contribution in [0.15, 0.2) is 66.7 Å². The summed E-state index contributed by atoms with van der Waals surface area (Å²) in [6, 6.07) is 15.7. The van der Waals surface area contributed by atoms with Crippen LogP contribution in [0.5, 0.6) is 11.5 Å². The molecule has 0 bridgehead atoms. The van der Waals surface area contributed by atoms with E-state index in [0.717, 1.165) is 26.2 Å². The minimum Gasteiger partial charge on any atom is -0.454 e. The first-order valence-electron chi connectivity index (χ1n) is 11.4. The molecule has 2 aliphatic heterocycles. The molecule has 0 spiro atoms. The molecule has 0 saturated carbocycles. The standard InChI is InChI=1S/C26H19F3IN3O4S/c27-26(28,29)16-2-1-3-19(11-16)33-24(35)20(12-23(34)31-18-7-5-17(30)6-8-18)32(25(33)38)13-15-4-9-21-22(10-15)37-14-36-21/h1-11,20H,12-14H2,(H,31,34). The van der Waals surface area contributed by atoms with Gasteiger partial charge in [-0.1, -0.05) is 12.1 Å². The summed E-state index contributed by atoms with van der Waals surface area (Å²) in [7, 11) is 0. The van der Waals surface area contributed by atoms with Gasteiger partial charge in [-0.05, 0) is 95.0 Å². The fourth-order valence-corrected chi connectivity index (χ4v) is 4.98. The number of carbonyl (C=O) groups excluding carboxylic acids is 2. The Balaban J connectivity index is 1.44. The predicted octanol–water partition coefficient (Wildman–Crippen LogP) is 5.57. The zero-order chi connectivity index (χ0) is 27.0. The Kier molecular flexibility index (Phi) is 7.18. The summed E-state index contributed by atoms with van der Waals surface area (Å²) in [4.78, 5) is 29.1. The Bertz CT molecular complexity index is 1420. The highest BCUT2D eigenvalue weighted by molar-refractivity contribution is 14.1. The minimum atomic E-state index is -4.60. The first-order valence-corrected chi connectivity index (χ1v) is 12.8. The van der Waals surface area contributed by atoms with Crippen molar-refractivity contribution in [3.05, 3.63) is 81.4 Å². The van der Waals surface area contributed by atoms with Crippen LogP contribution < -0.4 is 19.7 Å². The van der Waals surface area contributed by atoms with E-state index >= 15 is 0 Å². The number of rotatable bonds is 6. The maximum absolute atomic E-state index is 13.6. The van der Waals surface area contributed by atoms with Crippen molar-refractivity contribution in [3.63, 3.8) is 0 Å². The zero-order valence-corrected chi connectivity index (χ0v) is 22.5. The number of thiocarbonyl (C=S) groups is 1. The normalized spacial score (nSPS) is 16.8. The molecule has 2 amide bonds. The third-order valence-corrected chi connectivity index (χ3v) is 7.18.